The summed E-state index contributed by atoms with van der Waals surface area (Å²) in [5.41, 5.74) is 8.16. The molecular formula is C28H38N2OS. The lowest BCUT2D eigenvalue weighted by atomic mass is 10.1. The minimum absolute atomic E-state index is 0.755. The van der Waals surface area contributed by atoms with Crippen molar-refractivity contribution in [3.8, 4) is 22.0 Å². The van der Waals surface area contributed by atoms with Crippen molar-refractivity contribution < 1.29 is 4.74 Å². The number of hydrogen-bond donors (Lipinski definition) is 0. The summed E-state index contributed by atoms with van der Waals surface area (Å²) < 4.78 is 7.57. The highest BCUT2D eigenvalue weighted by atomic mass is 32.1. The van der Waals surface area contributed by atoms with E-state index in [-0.39, 0.29) is 0 Å². The van der Waals surface area contributed by atoms with Gasteiger partial charge in [-0.1, -0.05) is 69.0 Å². The maximum absolute atomic E-state index is 5.23. The van der Waals surface area contributed by atoms with Gasteiger partial charge >= 0.3 is 0 Å². The molecule has 2 heterocycles. The first-order chi connectivity index (χ1) is 15.4. The van der Waals surface area contributed by atoms with Crippen LogP contribution in [0, 0.1) is 19.8 Å². The van der Waals surface area contributed by atoms with E-state index < -0.39 is 0 Å². The number of hydrogen-bond acceptors (Lipinski definition) is 3. The highest BCUT2D eigenvalue weighted by Gasteiger charge is 2.16. The Hall–Kier alpha value is -2.17. The summed E-state index contributed by atoms with van der Waals surface area (Å²) in [5, 5.41) is 3.21. The zero-order chi connectivity index (χ0) is 23.1. The zero-order valence-corrected chi connectivity index (χ0v) is 21.2. The van der Waals surface area contributed by atoms with Gasteiger partial charge in [0.1, 0.15) is 5.01 Å². The normalized spacial score (nSPS) is 13.8. The molecular weight excluding hydrogens is 412 g/mol. The molecule has 1 fully saturated rings. The second kappa shape index (κ2) is 11.6. The van der Waals surface area contributed by atoms with Gasteiger partial charge < -0.3 is 9.30 Å². The summed E-state index contributed by atoms with van der Waals surface area (Å²) in [4.78, 5) is 4.92. The Labute approximate surface area is 198 Å². The van der Waals surface area contributed by atoms with Crippen LogP contribution in [0.15, 0.2) is 42.3 Å². The molecule has 32 heavy (non-hydrogen) atoms. The van der Waals surface area contributed by atoms with Gasteiger partial charge in [0.15, 0.2) is 0 Å². The number of rotatable bonds is 7. The quantitative estimate of drug-likeness (QED) is 0.339. The van der Waals surface area contributed by atoms with Crippen molar-refractivity contribution in [2.24, 2.45) is 5.92 Å². The molecule has 0 aliphatic heterocycles. The van der Waals surface area contributed by atoms with Crippen LogP contribution in [0.1, 0.15) is 62.8 Å². The fraction of sp³-hybridized carbons (Fsp3) is 0.464. The number of allylic oxidation sites excluding steroid dienone is 1. The van der Waals surface area contributed by atoms with Gasteiger partial charge in [0.05, 0.1) is 11.4 Å². The smallest absolute Gasteiger partial charge is 0.124 e. The first-order valence-corrected chi connectivity index (χ1v) is 12.7. The van der Waals surface area contributed by atoms with Gasteiger partial charge in [-0.05, 0) is 50.3 Å². The van der Waals surface area contributed by atoms with Crippen LogP contribution in [0.3, 0.4) is 0 Å². The van der Waals surface area contributed by atoms with Crippen molar-refractivity contribution in [2.75, 3.05) is 13.7 Å². The molecule has 1 saturated carbocycles. The molecule has 3 aromatic rings. The van der Waals surface area contributed by atoms with E-state index in [9.17, 15) is 0 Å². The van der Waals surface area contributed by atoms with Crippen LogP contribution < -0.4 is 0 Å². The number of aryl methyl sites for hydroxylation is 1. The minimum Gasteiger partial charge on any atom is -0.385 e. The summed E-state index contributed by atoms with van der Waals surface area (Å²) >= 11 is 1.69. The first kappa shape index (κ1) is 24.5. The monoisotopic (exact) mass is 450 g/mol. The van der Waals surface area contributed by atoms with Crippen LogP contribution in [-0.2, 0) is 11.3 Å². The predicted molar refractivity (Wildman–Crippen MR) is 139 cm³/mol. The van der Waals surface area contributed by atoms with Crippen molar-refractivity contribution in [1.29, 1.82) is 0 Å². The first-order valence-electron chi connectivity index (χ1n) is 11.8. The largest absolute Gasteiger partial charge is 0.385 e. The zero-order valence-electron chi connectivity index (χ0n) is 20.4. The van der Waals surface area contributed by atoms with Gasteiger partial charge in [-0.2, -0.15) is 0 Å². The predicted octanol–water partition coefficient (Wildman–Crippen LogP) is 8.16. The average molecular weight is 451 g/mol. The second-order valence-electron chi connectivity index (χ2n) is 9.10. The third-order valence-electron chi connectivity index (χ3n) is 6.27. The van der Waals surface area contributed by atoms with E-state index in [0.717, 1.165) is 47.5 Å². The molecule has 0 spiro atoms. The molecule has 0 N–H and O–H groups in total. The van der Waals surface area contributed by atoms with Gasteiger partial charge in [-0.25, -0.2) is 4.98 Å². The van der Waals surface area contributed by atoms with Crippen LogP contribution in [-0.4, -0.2) is 23.3 Å². The van der Waals surface area contributed by atoms with Gasteiger partial charge in [-0.3, -0.25) is 0 Å². The molecule has 1 aromatic carbocycles. The fourth-order valence-corrected chi connectivity index (χ4v) is 5.11. The molecule has 0 bridgehead atoms. The van der Waals surface area contributed by atoms with Gasteiger partial charge in [-0.15, -0.1) is 11.3 Å². The fourth-order valence-electron chi connectivity index (χ4n) is 4.29. The maximum atomic E-state index is 5.23. The number of methoxy groups -OCH3 is 1. The minimum atomic E-state index is 0.755. The van der Waals surface area contributed by atoms with Crippen molar-refractivity contribution in [3.63, 3.8) is 0 Å². The van der Waals surface area contributed by atoms with E-state index in [1.807, 2.05) is 0 Å². The molecule has 4 rings (SSSR count). The molecule has 1 aliphatic rings. The maximum Gasteiger partial charge on any atom is 0.124 e. The van der Waals surface area contributed by atoms with Crippen molar-refractivity contribution >= 4 is 16.9 Å². The Kier molecular flexibility index (Phi) is 8.89. The molecule has 3 nitrogen and oxygen atoms in total. The van der Waals surface area contributed by atoms with Gasteiger partial charge in [0.2, 0.25) is 0 Å². The number of nitrogens with zero attached hydrogens (tertiary/aromatic N) is 2. The number of thiazole rings is 1. The second-order valence-corrected chi connectivity index (χ2v) is 9.96. The molecule has 0 saturated heterocycles. The third kappa shape index (κ3) is 6.20. The summed E-state index contributed by atoms with van der Waals surface area (Å²) in [5.74, 6) is 1.05. The van der Waals surface area contributed by atoms with Crippen molar-refractivity contribution in [3.05, 3.63) is 59.1 Å². The van der Waals surface area contributed by atoms with Gasteiger partial charge in [0.25, 0.3) is 0 Å². The highest BCUT2D eigenvalue weighted by Crippen LogP contribution is 2.33. The van der Waals surface area contributed by atoms with Crippen LogP contribution in [0.5, 0.6) is 0 Å². The Morgan fingerprint density at radius 2 is 1.88 bits per heavy atom. The van der Waals surface area contributed by atoms with E-state index in [1.54, 1.807) is 18.4 Å². The molecule has 0 unspecified atom stereocenters. The average Bonchev–Trinajstić information content (AvgIpc) is 3.50. The molecule has 0 atom stereocenters. The third-order valence-corrected chi connectivity index (χ3v) is 7.16. The molecule has 0 radical (unpaired) electrons. The van der Waals surface area contributed by atoms with Crippen LogP contribution in [0.2, 0.25) is 0 Å². The Bertz CT molecular complexity index is 1010. The summed E-state index contributed by atoms with van der Waals surface area (Å²) in [6.07, 6.45) is 6.92. The summed E-state index contributed by atoms with van der Waals surface area (Å²) in [7, 11) is 1.75. The van der Waals surface area contributed by atoms with E-state index >= 15 is 0 Å². The van der Waals surface area contributed by atoms with Crippen LogP contribution in [0.4, 0.5) is 0 Å². The van der Waals surface area contributed by atoms with Crippen molar-refractivity contribution in [2.45, 2.75) is 66.3 Å². The van der Waals surface area contributed by atoms with Gasteiger partial charge in [0, 0.05) is 36.9 Å². The lowest BCUT2D eigenvalue weighted by Gasteiger charge is -2.10. The number of benzene rings is 1. The van der Waals surface area contributed by atoms with E-state index in [4.69, 9.17) is 9.72 Å². The molecule has 1 aliphatic carbocycles. The van der Waals surface area contributed by atoms with Crippen LogP contribution in [0.25, 0.3) is 27.5 Å². The topological polar surface area (TPSA) is 27.1 Å². The molecule has 4 heteroatoms. The van der Waals surface area contributed by atoms with E-state index in [1.165, 1.54) is 48.1 Å². The lowest BCUT2D eigenvalue weighted by Crippen LogP contribution is -2.05. The summed E-state index contributed by atoms with van der Waals surface area (Å²) in [6.45, 7) is 14.5. The lowest BCUT2D eigenvalue weighted by molar-refractivity contribution is 0.190. The number of ether oxygens (including phenoxy) is 1. The Morgan fingerprint density at radius 1 is 1.19 bits per heavy atom. The Morgan fingerprint density at radius 3 is 2.44 bits per heavy atom. The van der Waals surface area contributed by atoms with Crippen LogP contribution >= 0.6 is 11.3 Å². The molecule has 0 amide bonds. The Balaban J connectivity index is 0.000000416. The SMILES string of the molecule is C=C(C)c1cc(-c2csc(-c3ccc(C)cc3)n2)n(CCCOC)c1C.CC1CCCC1. The number of aromatic nitrogens is 2. The highest BCUT2D eigenvalue weighted by molar-refractivity contribution is 7.13. The molecule has 172 valence electrons. The van der Waals surface area contributed by atoms with E-state index in [2.05, 4.69) is 74.6 Å². The standard InChI is InChI=1S/C22H26N2OS.C6H12/c1-15(2)19-13-21(24(17(19)4)11-6-12-25-5)20-14-26-22(23-20)18-9-7-16(3)8-10-18;1-6-4-2-3-5-6/h7-10,13-14H,1,6,11-12H2,2-5H3;6H,2-5H2,1H3. The van der Waals surface area contributed by atoms with E-state index in [0.29, 0.717) is 0 Å². The molecule has 2 aromatic heterocycles. The summed E-state index contributed by atoms with van der Waals surface area (Å²) in [6, 6.07) is 10.8. The van der Waals surface area contributed by atoms with Crippen molar-refractivity contribution in [1.82, 2.24) is 9.55 Å².